The topological polar surface area (TPSA) is 173 Å². The number of aliphatic hydroxyl groups is 2. The first-order valence-electron chi connectivity index (χ1n) is 15.5. The highest BCUT2D eigenvalue weighted by Gasteiger charge is 2.35. The van der Waals surface area contributed by atoms with E-state index in [0.29, 0.717) is 40.1 Å². The Balaban J connectivity index is 1.75. The molecule has 13 nitrogen and oxygen atoms in total. The van der Waals surface area contributed by atoms with Crippen molar-refractivity contribution in [2.24, 2.45) is 7.05 Å². The second-order valence-corrected chi connectivity index (χ2v) is 12.8. The Morgan fingerprint density at radius 3 is 2.38 bits per heavy atom. The number of rotatable bonds is 8. The molecular weight excluding hydrogens is 622 g/mol. The molecule has 0 fully saturated rings. The van der Waals surface area contributed by atoms with E-state index >= 15 is 0 Å². The van der Waals surface area contributed by atoms with E-state index in [1.165, 1.54) is 18.8 Å². The molecule has 0 spiro atoms. The Morgan fingerprint density at radius 2 is 1.77 bits per heavy atom. The molecule has 2 aromatic carbocycles. The summed E-state index contributed by atoms with van der Waals surface area (Å²) in [7, 11) is 4.77. The van der Waals surface area contributed by atoms with Crippen molar-refractivity contribution in [3.05, 3.63) is 74.7 Å². The normalized spacial score (nSPS) is 15.8. The van der Waals surface area contributed by atoms with Gasteiger partial charge in [0.15, 0.2) is 5.56 Å². The predicted octanol–water partition coefficient (Wildman–Crippen LogP) is 4.18. The van der Waals surface area contributed by atoms with Crippen molar-refractivity contribution >= 4 is 23.0 Å². The molecule has 0 bridgehead atoms. The molecule has 0 radical (unpaired) electrons. The third-order valence-corrected chi connectivity index (χ3v) is 8.62. The van der Waals surface area contributed by atoms with Gasteiger partial charge in [-0.15, -0.1) is 0 Å². The predicted molar refractivity (Wildman–Crippen MR) is 177 cm³/mol. The number of ether oxygens (including phenoxy) is 3. The van der Waals surface area contributed by atoms with Crippen LogP contribution < -0.4 is 15.0 Å². The maximum Gasteiger partial charge on any atom is 0.410 e. The number of carbonyl (C=O) groups excluding carboxylic acids is 1. The molecule has 13 heteroatoms. The van der Waals surface area contributed by atoms with Crippen molar-refractivity contribution in [1.29, 1.82) is 0 Å². The zero-order valence-electron chi connectivity index (χ0n) is 28.0. The van der Waals surface area contributed by atoms with Gasteiger partial charge in [-0.2, -0.15) is 0 Å². The number of nitrogens with zero attached hydrogens (tertiary/aromatic N) is 3. The molecule has 1 aliphatic rings. The van der Waals surface area contributed by atoms with Gasteiger partial charge in [-0.3, -0.25) is 4.79 Å². The highest BCUT2D eigenvalue weighted by Crippen LogP contribution is 2.43. The van der Waals surface area contributed by atoms with Gasteiger partial charge in [-0.25, -0.2) is 9.59 Å². The average molecular weight is 664 g/mol. The van der Waals surface area contributed by atoms with Crippen molar-refractivity contribution < 1.29 is 44.2 Å². The van der Waals surface area contributed by atoms with Crippen molar-refractivity contribution in [3.8, 4) is 28.5 Å². The summed E-state index contributed by atoms with van der Waals surface area (Å²) in [4.78, 5) is 40.7. The molecule has 0 saturated carbocycles. The van der Waals surface area contributed by atoms with Gasteiger partial charge in [0.2, 0.25) is 0 Å². The average Bonchev–Trinajstić information content (AvgIpc) is 3.27. The standard InChI is InChI=1S/C35H41N3O10/c1-8-37(34(45)48-35(2,3)4)17-20-11-19-12-22-23(14-25(19)36(20)5)30(40)26(39)15-24-29(22)38(32(42)28(31(24)41)33(43)44)16-18-9-10-21(46-6)13-27(18)47-7/h9-14,26,30,39-41H,8,15-17H2,1-7H3,(H,43,44). The van der Waals surface area contributed by atoms with Crippen LogP contribution in [-0.2, 0) is 31.3 Å². The number of benzene rings is 2. The molecule has 4 aromatic rings. The van der Waals surface area contributed by atoms with Crippen LogP contribution in [0, 0.1) is 0 Å². The van der Waals surface area contributed by atoms with E-state index in [0.717, 1.165) is 5.69 Å². The number of carbonyl (C=O) groups is 2. The number of aryl methyl sites for hydroxylation is 1. The summed E-state index contributed by atoms with van der Waals surface area (Å²) >= 11 is 0. The van der Waals surface area contributed by atoms with Crippen LogP contribution in [0.3, 0.4) is 0 Å². The van der Waals surface area contributed by atoms with E-state index in [4.69, 9.17) is 14.2 Å². The highest BCUT2D eigenvalue weighted by molar-refractivity contribution is 5.94. The lowest BCUT2D eigenvalue weighted by Gasteiger charge is -2.26. The summed E-state index contributed by atoms with van der Waals surface area (Å²) in [6, 6.07) is 10.3. The van der Waals surface area contributed by atoms with E-state index in [1.807, 2.05) is 24.6 Å². The summed E-state index contributed by atoms with van der Waals surface area (Å²) < 4.78 is 19.5. The van der Waals surface area contributed by atoms with Gasteiger partial charge in [0.1, 0.15) is 29.0 Å². The van der Waals surface area contributed by atoms with Crippen LogP contribution in [-0.4, -0.2) is 79.0 Å². The van der Waals surface area contributed by atoms with Crippen molar-refractivity contribution in [2.45, 2.75) is 65.0 Å². The minimum Gasteiger partial charge on any atom is -0.506 e. The van der Waals surface area contributed by atoms with Crippen LogP contribution in [0.15, 0.2) is 41.2 Å². The molecule has 1 amide bonds. The van der Waals surface area contributed by atoms with E-state index in [1.54, 1.807) is 56.0 Å². The molecule has 4 N–H and O–H groups in total. The van der Waals surface area contributed by atoms with Gasteiger partial charge in [0.25, 0.3) is 5.56 Å². The largest absolute Gasteiger partial charge is 0.506 e. The first kappa shape index (κ1) is 34.3. The summed E-state index contributed by atoms with van der Waals surface area (Å²) in [5.41, 5.74) is 0.199. The number of pyridine rings is 1. The molecule has 256 valence electrons. The number of methoxy groups -OCH3 is 2. The summed E-state index contributed by atoms with van der Waals surface area (Å²) in [5.74, 6) is -1.53. The molecule has 2 heterocycles. The third kappa shape index (κ3) is 6.18. The van der Waals surface area contributed by atoms with Crippen LogP contribution in [0.4, 0.5) is 4.79 Å². The quantitative estimate of drug-likeness (QED) is 0.214. The Kier molecular flexibility index (Phi) is 9.22. The Hall–Kier alpha value is -5.01. The minimum absolute atomic E-state index is 0.00219. The number of hydrogen-bond acceptors (Lipinski definition) is 9. The molecule has 2 aromatic heterocycles. The summed E-state index contributed by atoms with van der Waals surface area (Å²) in [6.45, 7) is 7.66. The maximum absolute atomic E-state index is 13.9. The van der Waals surface area contributed by atoms with E-state index in [9.17, 15) is 34.8 Å². The second-order valence-electron chi connectivity index (χ2n) is 12.8. The number of aromatic carboxylic acids is 1. The molecule has 1 aliphatic carbocycles. The summed E-state index contributed by atoms with van der Waals surface area (Å²) in [5, 5.41) is 44.5. The highest BCUT2D eigenvalue weighted by atomic mass is 16.6. The number of carboxylic acids is 1. The first-order valence-corrected chi connectivity index (χ1v) is 15.5. The molecule has 5 rings (SSSR count). The van der Waals surface area contributed by atoms with Crippen molar-refractivity contribution in [1.82, 2.24) is 14.0 Å². The second kappa shape index (κ2) is 12.9. The number of aromatic hydroxyl groups is 1. The maximum atomic E-state index is 13.9. The van der Waals surface area contributed by atoms with Gasteiger partial charge in [0, 0.05) is 59.4 Å². The smallest absolute Gasteiger partial charge is 0.410 e. The lowest BCUT2D eigenvalue weighted by molar-refractivity contribution is 0.0201. The van der Waals surface area contributed by atoms with Crippen molar-refractivity contribution in [3.63, 3.8) is 0 Å². The van der Waals surface area contributed by atoms with Gasteiger partial charge >= 0.3 is 12.1 Å². The minimum atomic E-state index is -1.64. The Morgan fingerprint density at radius 1 is 1.06 bits per heavy atom. The number of fused-ring (bicyclic) bond motifs is 4. The lowest BCUT2D eigenvalue weighted by Crippen LogP contribution is -2.36. The number of aliphatic hydroxyl groups excluding tert-OH is 2. The fraction of sp³-hybridized carbons (Fsp3) is 0.400. The fourth-order valence-electron chi connectivity index (χ4n) is 6.18. The third-order valence-electron chi connectivity index (χ3n) is 8.62. The van der Waals surface area contributed by atoms with Crippen LogP contribution in [0.2, 0.25) is 0 Å². The van der Waals surface area contributed by atoms with Crippen LogP contribution in [0.25, 0.3) is 22.2 Å². The molecule has 2 unspecified atom stereocenters. The SMILES string of the molecule is CCN(Cc1cc2cc3c(cc2n1C)C(O)C(O)Cc1c(O)c(C(=O)O)c(=O)n(Cc2ccc(OC)cc2OC)c1-3)C(=O)OC(C)(C)C. The zero-order chi connectivity index (χ0) is 35.2. The number of carboxylic acid groups (broad SMARTS) is 1. The fourth-order valence-corrected chi connectivity index (χ4v) is 6.18. The Labute approximate surface area is 277 Å². The van der Waals surface area contributed by atoms with Gasteiger partial charge in [-0.1, -0.05) is 0 Å². The molecule has 0 aliphatic heterocycles. The van der Waals surface area contributed by atoms with Crippen molar-refractivity contribution in [2.75, 3.05) is 20.8 Å². The number of aromatic nitrogens is 2. The first-order chi connectivity index (χ1) is 22.6. The van der Waals surface area contributed by atoms with Crippen LogP contribution in [0.1, 0.15) is 66.5 Å². The number of amides is 1. The van der Waals surface area contributed by atoms with E-state index in [-0.39, 0.29) is 36.3 Å². The molecule has 0 saturated heterocycles. The number of hydrogen-bond donors (Lipinski definition) is 4. The summed E-state index contributed by atoms with van der Waals surface area (Å²) in [6.07, 6.45) is -3.70. The van der Waals surface area contributed by atoms with Gasteiger partial charge in [0.05, 0.1) is 39.1 Å². The lowest BCUT2D eigenvalue weighted by atomic mass is 9.96. The van der Waals surface area contributed by atoms with Crippen LogP contribution >= 0.6 is 0 Å². The molecule has 2 atom stereocenters. The monoisotopic (exact) mass is 663 g/mol. The van der Waals surface area contributed by atoms with E-state index < -0.39 is 46.7 Å². The zero-order valence-corrected chi connectivity index (χ0v) is 28.0. The van der Waals surface area contributed by atoms with Gasteiger partial charge in [-0.05, 0) is 63.6 Å². The molecule has 48 heavy (non-hydrogen) atoms. The van der Waals surface area contributed by atoms with Crippen LogP contribution in [0.5, 0.6) is 17.2 Å². The van der Waals surface area contributed by atoms with E-state index in [2.05, 4.69) is 0 Å². The molecular formula is C35H41N3O10. The van der Waals surface area contributed by atoms with Gasteiger partial charge < -0.3 is 48.7 Å². The Bertz CT molecular complexity index is 1970.